The van der Waals surface area contributed by atoms with E-state index in [-0.39, 0.29) is 18.4 Å². The molecule has 1 aliphatic heterocycles. The first kappa shape index (κ1) is 13.3. The number of piperazine rings is 1. The van der Waals surface area contributed by atoms with Crippen LogP contribution in [0, 0.1) is 6.92 Å². The van der Waals surface area contributed by atoms with Crippen molar-refractivity contribution in [1.29, 1.82) is 0 Å². The van der Waals surface area contributed by atoms with Gasteiger partial charge in [0.15, 0.2) is 0 Å². The molecule has 0 aliphatic carbocycles. The highest BCUT2D eigenvalue weighted by atomic mass is 16.2. The number of hydrogen-bond acceptors (Lipinski definition) is 3. The van der Waals surface area contributed by atoms with Crippen LogP contribution in [0.25, 0.3) is 0 Å². The Morgan fingerprint density at radius 1 is 1.14 bits per heavy atom. The average Bonchev–Trinajstić information content (AvgIpc) is 2.51. The van der Waals surface area contributed by atoms with Crippen molar-refractivity contribution in [3.8, 4) is 0 Å². The van der Waals surface area contributed by atoms with Crippen LogP contribution in [0.5, 0.6) is 0 Å². The van der Waals surface area contributed by atoms with E-state index in [2.05, 4.69) is 10.3 Å². The van der Waals surface area contributed by atoms with Gasteiger partial charge >= 0.3 is 0 Å². The smallest absolute Gasteiger partial charge is 0.254 e. The Morgan fingerprint density at radius 3 is 2.57 bits per heavy atom. The highest BCUT2D eigenvalue weighted by molar-refractivity contribution is 6.06. The van der Waals surface area contributed by atoms with E-state index >= 15 is 0 Å². The Bertz CT molecular complexity index is 668. The van der Waals surface area contributed by atoms with E-state index < -0.39 is 6.04 Å². The van der Waals surface area contributed by atoms with Gasteiger partial charge in [-0.1, -0.05) is 30.3 Å². The molecule has 1 aromatic carbocycles. The molecule has 2 heterocycles. The molecule has 1 atom stereocenters. The van der Waals surface area contributed by atoms with Crippen molar-refractivity contribution in [2.75, 3.05) is 11.4 Å². The Kier molecular flexibility index (Phi) is 3.39. The molecule has 2 aromatic rings. The molecule has 106 valence electrons. The summed E-state index contributed by atoms with van der Waals surface area (Å²) in [6.07, 6.45) is 1.62. The van der Waals surface area contributed by atoms with Crippen molar-refractivity contribution in [2.24, 2.45) is 0 Å². The monoisotopic (exact) mass is 281 g/mol. The molecule has 0 radical (unpaired) electrons. The van der Waals surface area contributed by atoms with E-state index in [1.54, 1.807) is 12.3 Å². The van der Waals surface area contributed by atoms with Gasteiger partial charge in [-0.05, 0) is 24.6 Å². The predicted molar refractivity (Wildman–Crippen MR) is 78.7 cm³/mol. The molecule has 3 rings (SSSR count). The summed E-state index contributed by atoms with van der Waals surface area (Å²) in [6, 6.07) is 12.2. The summed E-state index contributed by atoms with van der Waals surface area (Å²) >= 11 is 0. The Hall–Kier alpha value is -2.69. The second-order valence-corrected chi connectivity index (χ2v) is 4.99. The Balaban J connectivity index is 1.93. The minimum Gasteiger partial charge on any atom is -0.339 e. The van der Waals surface area contributed by atoms with Crippen LogP contribution in [-0.2, 0) is 9.59 Å². The summed E-state index contributed by atoms with van der Waals surface area (Å²) in [7, 11) is 0. The van der Waals surface area contributed by atoms with Crippen LogP contribution in [0.3, 0.4) is 0 Å². The van der Waals surface area contributed by atoms with E-state index in [0.717, 1.165) is 11.3 Å². The lowest BCUT2D eigenvalue weighted by Gasteiger charge is -2.32. The van der Waals surface area contributed by atoms with Crippen molar-refractivity contribution >= 4 is 17.5 Å². The lowest BCUT2D eigenvalue weighted by molar-refractivity contribution is -0.131. The number of anilines is 1. The molecule has 1 unspecified atom stereocenters. The number of carbonyl (C=O) groups is 2. The van der Waals surface area contributed by atoms with E-state index in [9.17, 15) is 9.59 Å². The van der Waals surface area contributed by atoms with Gasteiger partial charge in [0.25, 0.3) is 5.91 Å². The number of carbonyl (C=O) groups excluding carboxylic acids is 2. The minimum atomic E-state index is -0.645. The van der Waals surface area contributed by atoms with Gasteiger partial charge in [0.2, 0.25) is 5.91 Å². The standard InChI is InChI=1S/C16H15N3O2/c1-11-7-8-13(9-17-11)19-10-14(20)18-15(16(19)21)12-5-3-2-4-6-12/h2-9,15H,10H2,1H3,(H,18,20). The largest absolute Gasteiger partial charge is 0.339 e. The summed E-state index contributed by atoms with van der Waals surface area (Å²) in [5.74, 6) is -0.324. The van der Waals surface area contributed by atoms with Crippen molar-refractivity contribution < 1.29 is 9.59 Å². The lowest BCUT2D eigenvalue weighted by atomic mass is 10.0. The fraction of sp³-hybridized carbons (Fsp3) is 0.188. The normalized spacial score (nSPS) is 18.5. The molecule has 0 saturated carbocycles. The summed E-state index contributed by atoms with van der Waals surface area (Å²) < 4.78 is 0. The van der Waals surface area contributed by atoms with Gasteiger partial charge in [-0.15, -0.1) is 0 Å². The number of nitrogens with zero attached hydrogens (tertiary/aromatic N) is 2. The van der Waals surface area contributed by atoms with Crippen LogP contribution < -0.4 is 10.2 Å². The number of benzene rings is 1. The van der Waals surface area contributed by atoms with Crippen LogP contribution in [0.1, 0.15) is 17.3 Å². The maximum absolute atomic E-state index is 12.6. The van der Waals surface area contributed by atoms with Crippen LogP contribution in [0.2, 0.25) is 0 Å². The zero-order chi connectivity index (χ0) is 14.8. The second-order valence-electron chi connectivity index (χ2n) is 4.99. The third kappa shape index (κ3) is 2.63. The van der Waals surface area contributed by atoms with Gasteiger partial charge < -0.3 is 5.32 Å². The number of pyridine rings is 1. The summed E-state index contributed by atoms with van der Waals surface area (Å²) in [6.45, 7) is 1.90. The maximum Gasteiger partial charge on any atom is 0.254 e. The summed E-state index contributed by atoms with van der Waals surface area (Å²) in [5, 5.41) is 2.74. The Labute approximate surface area is 122 Å². The first-order valence-electron chi connectivity index (χ1n) is 6.73. The molecular weight excluding hydrogens is 266 g/mol. The first-order valence-corrected chi connectivity index (χ1v) is 6.73. The zero-order valence-electron chi connectivity index (χ0n) is 11.6. The molecule has 5 nitrogen and oxygen atoms in total. The molecule has 21 heavy (non-hydrogen) atoms. The number of rotatable bonds is 2. The van der Waals surface area contributed by atoms with Gasteiger partial charge in [0, 0.05) is 5.69 Å². The minimum absolute atomic E-state index is 0.0207. The third-order valence-corrected chi connectivity index (χ3v) is 3.46. The summed E-state index contributed by atoms with van der Waals surface area (Å²) in [5.41, 5.74) is 2.29. The van der Waals surface area contributed by atoms with Crippen molar-refractivity contribution in [1.82, 2.24) is 10.3 Å². The molecule has 1 N–H and O–H groups in total. The molecule has 1 saturated heterocycles. The second kappa shape index (κ2) is 5.36. The predicted octanol–water partition coefficient (Wildman–Crippen LogP) is 1.59. The van der Waals surface area contributed by atoms with Gasteiger partial charge in [0.1, 0.15) is 12.6 Å². The highest BCUT2D eigenvalue weighted by Gasteiger charge is 2.34. The molecular formula is C16H15N3O2. The first-order chi connectivity index (χ1) is 10.1. The van der Waals surface area contributed by atoms with E-state index in [1.165, 1.54) is 4.90 Å². The van der Waals surface area contributed by atoms with E-state index in [1.807, 2.05) is 43.3 Å². The van der Waals surface area contributed by atoms with Crippen LogP contribution in [0.15, 0.2) is 48.7 Å². The summed E-state index contributed by atoms with van der Waals surface area (Å²) in [4.78, 5) is 30.2. The molecule has 1 aromatic heterocycles. The number of hydrogen-bond donors (Lipinski definition) is 1. The molecule has 0 spiro atoms. The van der Waals surface area contributed by atoms with Crippen molar-refractivity contribution in [2.45, 2.75) is 13.0 Å². The number of nitrogens with one attached hydrogen (secondary N) is 1. The third-order valence-electron chi connectivity index (χ3n) is 3.46. The van der Waals surface area contributed by atoms with Crippen molar-refractivity contribution in [3.63, 3.8) is 0 Å². The molecule has 1 fully saturated rings. The fourth-order valence-corrected chi connectivity index (χ4v) is 2.36. The zero-order valence-corrected chi connectivity index (χ0v) is 11.6. The average molecular weight is 281 g/mol. The van der Waals surface area contributed by atoms with Crippen LogP contribution >= 0.6 is 0 Å². The molecule has 2 amide bonds. The lowest BCUT2D eigenvalue weighted by Crippen LogP contribution is -2.53. The molecule has 0 bridgehead atoms. The van der Waals surface area contributed by atoms with Gasteiger partial charge in [-0.25, -0.2) is 0 Å². The fourth-order valence-electron chi connectivity index (χ4n) is 2.36. The number of aromatic nitrogens is 1. The number of aryl methyl sites for hydroxylation is 1. The SMILES string of the molecule is Cc1ccc(N2CC(=O)NC(c3ccccc3)C2=O)cn1. The topological polar surface area (TPSA) is 62.3 Å². The van der Waals surface area contributed by atoms with Gasteiger partial charge in [-0.3, -0.25) is 19.5 Å². The quantitative estimate of drug-likeness (QED) is 0.909. The Morgan fingerprint density at radius 2 is 1.90 bits per heavy atom. The highest BCUT2D eigenvalue weighted by Crippen LogP contribution is 2.23. The maximum atomic E-state index is 12.6. The van der Waals surface area contributed by atoms with Crippen LogP contribution in [-0.4, -0.2) is 23.3 Å². The van der Waals surface area contributed by atoms with E-state index in [0.29, 0.717) is 5.69 Å². The van der Waals surface area contributed by atoms with Crippen molar-refractivity contribution in [3.05, 3.63) is 59.9 Å². The van der Waals surface area contributed by atoms with Gasteiger partial charge in [-0.2, -0.15) is 0 Å². The number of amides is 2. The molecule has 1 aliphatic rings. The van der Waals surface area contributed by atoms with Gasteiger partial charge in [0.05, 0.1) is 11.9 Å². The molecule has 5 heteroatoms. The van der Waals surface area contributed by atoms with E-state index in [4.69, 9.17) is 0 Å². The van der Waals surface area contributed by atoms with Crippen LogP contribution in [0.4, 0.5) is 5.69 Å².